The highest BCUT2D eigenvalue weighted by atomic mass is 14.4. The van der Waals surface area contributed by atoms with Crippen LogP contribution in [0.5, 0.6) is 0 Å². The summed E-state index contributed by atoms with van der Waals surface area (Å²) >= 11 is 0. The Labute approximate surface area is 124 Å². The van der Waals surface area contributed by atoms with E-state index < -0.39 is 0 Å². The van der Waals surface area contributed by atoms with Crippen LogP contribution in [0.1, 0.15) is 59.4 Å². The molecule has 1 atom stereocenters. The lowest BCUT2D eigenvalue weighted by atomic mass is 9.68. The zero-order valence-electron chi connectivity index (χ0n) is 13.8. The van der Waals surface area contributed by atoms with Crippen molar-refractivity contribution in [3.63, 3.8) is 0 Å². The van der Waals surface area contributed by atoms with E-state index in [0.29, 0.717) is 11.3 Å². The fourth-order valence-corrected chi connectivity index (χ4v) is 3.05. The van der Waals surface area contributed by atoms with Crippen LogP contribution < -0.4 is 0 Å². The summed E-state index contributed by atoms with van der Waals surface area (Å²) < 4.78 is 0. The lowest BCUT2D eigenvalue weighted by Crippen LogP contribution is -2.24. The summed E-state index contributed by atoms with van der Waals surface area (Å²) in [4.78, 5) is 0. The Morgan fingerprint density at radius 2 is 1.40 bits per heavy atom. The smallest absolute Gasteiger partial charge is 0.0102 e. The maximum atomic E-state index is 2.37. The monoisotopic (exact) mass is 268 g/mol. The molecule has 0 heterocycles. The Bertz CT molecular complexity index is 573. The largest absolute Gasteiger partial charge is 0.0616 e. The fourth-order valence-electron chi connectivity index (χ4n) is 3.05. The predicted octanol–water partition coefficient (Wildman–Crippen LogP) is 6.41. The van der Waals surface area contributed by atoms with Crippen LogP contribution in [0.4, 0.5) is 0 Å². The van der Waals surface area contributed by atoms with Crippen molar-refractivity contribution >= 4 is 10.8 Å². The van der Waals surface area contributed by atoms with Gasteiger partial charge < -0.3 is 0 Å². The van der Waals surface area contributed by atoms with Crippen molar-refractivity contribution in [2.24, 2.45) is 10.8 Å². The standard InChI is InChI=1S/C20H28/c1-19(2,3)14-18(20(4,5)6)17-13-9-11-15-10-7-8-12-16(15)17/h7-13,18H,14H2,1-6H3. The third kappa shape index (κ3) is 3.42. The fraction of sp³-hybridized carbons (Fsp3) is 0.500. The van der Waals surface area contributed by atoms with Crippen LogP contribution in [0.2, 0.25) is 0 Å². The second kappa shape index (κ2) is 5.24. The third-order valence-corrected chi connectivity index (χ3v) is 4.06. The van der Waals surface area contributed by atoms with E-state index in [1.807, 2.05) is 0 Å². The third-order valence-electron chi connectivity index (χ3n) is 4.06. The predicted molar refractivity (Wildman–Crippen MR) is 90.2 cm³/mol. The van der Waals surface area contributed by atoms with Crippen molar-refractivity contribution in [3.05, 3.63) is 48.0 Å². The summed E-state index contributed by atoms with van der Waals surface area (Å²) in [6.07, 6.45) is 1.21. The summed E-state index contributed by atoms with van der Waals surface area (Å²) in [7, 11) is 0. The SMILES string of the molecule is CC(C)(C)CC(c1cccc2ccccc12)C(C)(C)C. The molecule has 0 heteroatoms. The highest BCUT2D eigenvalue weighted by molar-refractivity contribution is 5.86. The molecule has 0 aliphatic carbocycles. The van der Waals surface area contributed by atoms with Gasteiger partial charge in [-0.3, -0.25) is 0 Å². The number of benzene rings is 2. The second-order valence-electron chi connectivity index (χ2n) is 8.25. The van der Waals surface area contributed by atoms with Crippen LogP contribution >= 0.6 is 0 Å². The molecule has 20 heavy (non-hydrogen) atoms. The van der Waals surface area contributed by atoms with Gasteiger partial charge in [0.25, 0.3) is 0 Å². The Morgan fingerprint density at radius 3 is 2.00 bits per heavy atom. The van der Waals surface area contributed by atoms with Crippen LogP contribution in [0.15, 0.2) is 42.5 Å². The lowest BCUT2D eigenvalue weighted by Gasteiger charge is -2.36. The van der Waals surface area contributed by atoms with Crippen molar-refractivity contribution in [2.45, 2.75) is 53.9 Å². The van der Waals surface area contributed by atoms with Crippen molar-refractivity contribution in [1.82, 2.24) is 0 Å². The van der Waals surface area contributed by atoms with Gasteiger partial charge in [0.15, 0.2) is 0 Å². The molecule has 1 unspecified atom stereocenters. The Kier molecular flexibility index (Phi) is 3.95. The highest BCUT2D eigenvalue weighted by Crippen LogP contribution is 2.44. The zero-order valence-corrected chi connectivity index (χ0v) is 13.8. The van der Waals surface area contributed by atoms with E-state index >= 15 is 0 Å². The topological polar surface area (TPSA) is 0 Å². The van der Waals surface area contributed by atoms with Gasteiger partial charge in [-0.15, -0.1) is 0 Å². The summed E-state index contributed by atoms with van der Waals surface area (Å²) in [5.74, 6) is 0.577. The van der Waals surface area contributed by atoms with E-state index in [-0.39, 0.29) is 5.41 Å². The quantitative estimate of drug-likeness (QED) is 0.590. The highest BCUT2D eigenvalue weighted by Gasteiger charge is 2.31. The van der Waals surface area contributed by atoms with Crippen molar-refractivity contribution in [2.75, 3.05) is 0 Å². The van der Waals surface area contributed by atoms with Crippen LogP contribution in [0.25, 0.3) is 10.8 Å². The summed E-state index contributed by atoms with van der Waals surface area (Å²) in [5, 5.41) is 2.77. The number of rotatable bonds is 2. The molecule has 2 aromatic rings. The Morgan fingerprint density at radius 1 is 0.800 bits per heavy atom. The summed E-state index contributed by atoms with van der Waals surface area (Å²) in [5.41, 5.74) is 2.12. The molecule has 0 amide bonds. The Hall–Kier alpha value is -1.30. The normalized spacial score (nSPS) is 14.5. The minimum Gasteiger partial charge on any atom is -0.0616 e. The molecule has 0 spiro atoms. The average molecular weight is 268 g/mol. The molecule has 108 valence electrons. The second-order valence-corrected chi connectivity index (χ2v) is 8.25. The molecule has 0 saturated carbocycles. The first-order valence-electron chi connectivity index (χ1n) is 7.66. The van der Waals surface area contributed by atoms with Gasteiger partial charge in [0, 0.05) is 0 Å². The maximum absolute atomic E-state index is 2.37. The molecule has 2 rings (SSSR count). The van der Waals surface area contributed by atoms with Crippen LogP contribution in [0, 0.1) is 10.8 Å². The molecule has 0 saturated heterocycles. The molecule has 0 N–H and O–H groups in total. The minimum absolute atomic E-state index is 0.275. The van der Waals surface area contributed by atoms with Gasteiger partial charge in [0.2, 0.25) is 0 Å². The number of hydrogen-bond acceptors (Lipinski definition) is 0. The number of fused-ring (bicyclic) bond motifs is 1. The van der Waals surface area contributed by atoms with Crippen LogP contribution in [0.3, 0.4) is 0 Å². The number of hydrogen-bond donors (Lipinski definition) is 0. The molecule has 2 aromatic carbocycles. The van der Waals surface area contributed by atoms with Crippen molar-refractivity contribution < 1.29 is 0 Å². The van der Waals surface area contributed by atoms with Gasteiger partial charge in [-0.05, 0) is 39.5 Å². The van der Waals surface area contributed by atoms with E-state index in [2.05, 4.69) is 84.0 Å². The lowest BCUT2D eigenvalue weighted by molar-refractivity contribution is 0.230. The molecule has 0 aromatic heterocycles. The molecular formula is C20H28. The van der Waals surface area contributed by atoms with Crippen LogP contribution in [-0.2, 0) is 0 Å². The molecule has 0 nitrogen and oxygen atoms in total. The van der Waals surface area contributed by atoms with E-state index in [9.17, 15) is 0 Å². The van der Waals surface area contributed by atoms with Gasteiger partial charge in [-0.25, -0.2) is 0 Å². The van der Waals surface area contributed by atoms with Crippen molar-refractivity contribution in [3.8, 4) is 0 Å². The van der Waals surface area contributed by atoms with E-state index in [1.165, 1.54) is 22.8 Å². The zero-order chi connectivity index (χ0) is 15.0. The van der Waals surface area contributed by atoms with Gasteiger partial charge in [-0.2, -0.15) is 0 Å². The van der Waals surface area contributed by atoms with Gasteiger partial charge >= 0.3 is 0 Å². The summed E-state index contributed by atoms with van der Waals surface area (Å²) in [6.45, 7) is 14.1. The molecule has 0 aliphatic heterocycles. The van der Waals surface area contributed by atoms with Crippen molar-refractivity contribution in [1.29, 1.82) is 0 Å². The molecular weight excluding hydrogens is 240 g/mol. The van der Waals surface area contributed by atoms with Crippen LogP contribution in [-0.4, -0.2) is 0 Å². The molecule has 0 aliphatic rings. The van der Waals surface area contributed by atoms with Gasteiger partial charge in [0.05, 0.1) is 0 Å². The van der Waals surface area contributed by atoms with E-state index in [0.717, 1.165) is 0 Å². The van der Waals surface area contributed by atoms with E-state index in [1.54, 1.807) is 0 Å². The average Bonchev–Trinajstić information content (AvgIpc) is 2.33. The minimum atomic E-state index is 0.275. The Balaban J connectivity index is 2.57. The first-order chi connectivity index (χ1) is 9.18. The van der Waals surface area contributed by atoms with E-state index in [4.69, 9.17) is 0 Å². The first-order valence-corrected chi connectivity index (χ1v) is 7.66. The van der Waals surface area contributed by atoms with Gasteiger partial charge in [0.1, 0.15) is 0 Å². The van der Waals surface area contributed by atoms with Gasteiger partial charge in [-0.1, -0.05) is 84.0 Å². The first kappa shape index (κ1) is 15.1. The maximum Gasteiger partial charge on any atom is -0.0102 e. The molecule has 0 bridgehead atoms. The molecule has 0 radical (unpaired) electrons. The molecule has 0 fully saturated rings. The summed E-state index contributed by atoms with van der Waals surface area (Å²) in [6, 6.07) is 15.5.